The Morgan fingerprint density at radius 3 is 1.71 bits per heavy atom. The van der Waals surface area contributed by atoms with Crippen LogP contribution in [0.2, 0.25) is 0 Å². The molecule has 0 aromatic rings. The Labute approximate surface area is 137 Å². The van der Waals surface area contributed by atoms with Crippen molar-refractivity contribution < 1.29 is 62.0 Å². The van der Waals surface area contributed by atoms with Gasteiger partial charge in [-0.15, -0.1) is 0 Å². The van der Waals surface area contributed by atoms with Crippen molar-refractivity contribution in [3.05, 3.63) is 0 Å². The first-order chi connectivity index (χ1) is 5.91. The maximum absolute atomic E-state index is 6.85. The van der Waals surface area contributed by atoms with Gasteiger partial charge in [0.25, 0.3) is 0 Å². The number of hydrogen-bond acceptors (Lipinski definition) is 1. The largest absolute Gasteiger partial charge is 1.00 e. The minimum atomic E-state index is 0. The Hall–Kier alpha value is 1.67. The maximum atomic E-state index is 6.85. The molecule has 76 valence electrons. The average Bonchev–Trinajstić information content (AvgIpc) is 2.10. The first-order valence-corrected chi connectivity index (χ1v) is 5.40. The van der Waals surface area contributed by atoms with Gasteiger partial charge in [0, 0.05) is 0 Å². The van der Waals surface area contributed by atoms with E-state index in [0.29, 0.717) is 0 Å². The molecule has 0 amide bonds. The van der Waals surface area contributed by atoms with Crippen LogP contribution in [0, 0.1) is 5.41 Å². The Balaban J connectivity index is -0.000000101. The van der Waals surface area contributed by atoms with Gasteiger partial charge in [-0.25, -0.2) is 0 Å². The first-order valence-electron chi connectivity index (χ1n) is 5.40. The molecule has 0 bridgehead atoms. The van der Waals surface area contributed by atoms with Crippen LogP contribution in [-0.2, 0) is 0 Å². The zero-order chi connectivity index (χ0) is 9.07. The van der Waals surface area contributed by atoms with Gasteiger partial charge in [-0.2, -0.15) is 0 Å². The molecule has 0 saturated carbocycles. The SMILES string of the molecule is CCCCCCCCCCC=N.[H-].[H-].[Na+].[Na+]. The molecule has 0 aromatic heterocycles. The summed E-state index contributed by atoms with van der Waals surface area (Å²) in [6.07, 6.45) is 13.4. The van der Waals surface area contributed by atoms with Crippen molar-refractivity contribution in [1.82, 2.24) is 0 Å². The molecule has 0 unspecified atom stereocenters. The van der Waals surface area contributed by atoms with E-state index in [1.165, 1.54) is 57.6 Å². The Bertz CT molecular complexity index is 106. The van der Waals surface area contributed by atoms with Crippen LogP contribution >= 0.6 is 0 Å². The molecule has 0 fully saturated rings. The van der Waals surface area contributed by atoms with Crippen LogP contribution in [-0.4, -0.2) is 6.21 Å². The molecule has 0 atom stereocenters. The molecule has 0 aromatic carbocycles. The van der Waals surface area contributed by atoms with Crippen LogP contribution in [0.25, 0.3) is 0 Å². The van der Waals surface area contributed by atoms with E-state index in [0.717, 1.165) is 6.42 Å². The number of hydrogen-bond donors (Lipinski definition) is 1. The minimum Gasteiger partial charge on any atom is -1.00 e. The Kier molecular flexibility index (Phi) is 30.2. The van der Waals surface area contributed by atoms with E-state index in [1.54, 1.807) is 0 Å². The second-order valence-corrected chi connectivity index (χ2v) is 3.47. The van der Waals surface area contributed by atoms with Gasteiger partial charge in [-0.3, -0.25) is 0 Å². The summed E-state index contributed by atoms with van der Waals surface area (Å²) in [5, 5.41) is 6.85. The second kappa shape index (κ2) is 20.1. The number of nitrogens with one attached hydrogen (secondary N) is 1. The minimum absolute atomic E-state index is 0. The Morgan fingerprint density at radius 2 is 1.29 bits per heavy atom. The fourth-order valence-electron chi connectivity index (χ4n) is 1.38. The van der Waals surface area contributed by atoms with Crippen molar-refractivity contribution in [2.75, 3.05) is 0 Å². The summed E-state index contributed by atoms with van der Waals surface area (Å²) in [5.41, 5.74) is 0. The van der Waals surface area contributed by atoms with E-state index in [1.807, 2.05) is 0 Å². The van der Waals surface area contributed by atoms with Gasteiger partial charge in [-0.05, 0) is 19.1 Å². The summed E-state index contributed by atoms with van der Waals surface area (Å²) in [6.45, 7) is 2.25. The first kappa shape index (κ1) is 21.0. The molecule has 0 radical (unpaired) electrons. The molecule has 1 nitrogen and oxygen atoms in total. The number of rotatable bonds is 9. The van der Waals surface area contributed by atoms with Crippen molar-refractivity contribution in [2.24, 2.45) is 0 Å². The van der Waals surface area contributed by atoms with Crippen LogP contribution in [0.4, 0.5) is 0 Å². The molecular formula is C11H25NNa2. The van der Waals surface area contributed by atoms with E-state index in [-0.39, 0.29) is 62.0 Å². The van der Waals surface area contributed by atoms with Gasteiger partial charge < -0.3 is 8.26 Å². The Morgan fingerprint density at radius 1 is 0.857 bits per heavy atom. The fourth-order valence-corrected chi connectivity index (χ4v) is 1.38. The summed E-state index contributed by atoms with van der Waals surface area (Å²) < 4.78 is 0. The smallest absolute Gasteiger partial charge is 1.00 e. The normalized spacial score (nSPS) is 8.64. The molecule has 0 saturated heterocycles. The zero-order valence-electron chi connectivity index (χ0n) is 12.4. The molecule has 3 heteroatoms. The third kappa shape index (κ3) is 19.3. The van der Waals surface area contributed by atoms with Crippen LogP contribution in [0.5, 0.6) is 0 Å². The third-order valence-corrected chi connectivity index (χ3v) is 2.20. The summed E-state index contributed by atoms with van der Waals surface area (Å²) >= 11 is 0. The van der Waals surface area contributed by atoms with Gasteiger partial charge in [0.05, 0.1) is 0 Å². The van der Waals surface area contributed by atoms with Gasteiger partial charge >= 0.3 is 59.1 Å². The van der Waals surface area contributed by atoms with Gasteiger partial charge in [0.15, 0.2) is 0 Å². The van der Waals surface area contributed by atoms with Gasteiger partial charge in [-0.1, -0.05) is 51.9 Å². The maximum Gasteiger partial charge on any atom is 1.00 e. The zero-order valence-corrected chi connectivity index (χ0v) is 14.4. The molecule has 0 spiro atoms. The summed E-state index contributed by atoms with van der Waals surface area (Å²) in [7, 11) is 0. The van der Waals surface area contributed by atoms with E-state index < -0.39 is 0 Å². The monoisotopic (exact) mass is 217 g/mol. The topological polar surface area (TPSA) is 23.9 Å². The van der Waals surface area contributed by atoms with E-state index in [2.05, 4.69) is 6.92 Å². The van der Waals surface area contributed by atoms with E-state index in [4.69, 9.17) is 5.41 Å². The molecule has 0 heterocycles. The number of unbranched alkanes of at least 4 members (excludes halogenated alkanes) is 8. The van der Waals surface area contributed by atoms with Crippen molar-refractivity contribution >= 4 is 6.21 Å². The van der Waals surface area contributed by atoms with Crippen molar-refractivity contribution in [3.63, 3.8) is 0 Å². The van der Waals surface area contributed by atoms with Gasteiger partial charge in [0.2, 0.25) is 0 Å². The van der Waals surface area contributed by atoms with Crippen LogP contribution in [0.1, 0.15) is 67.6 Å². The van der Waals surface area contributed by atoms with Crippen LogP contribution in [0.15, 0.2) is 0 Å². The summed E-state index contributed by atoms with van der Waals surface area (Å²) in [4.78, 5) is 0. The molecular weight excluding hydrogens is 192 g/mol. The van der Waals surface area contributed by atoms with Gasteiger partial charge in [0.1, 0.15) is 0 Å². The third-order valence-electron chi connectivity index (χ3n) is 2.20. The predicted octanol–water partition coefficient (Wildman–Crippen LogP) is -1.60. The van der Waals surface area contributed by atoms with E-state index >= 15 is 0 Å². The molecule has 0 aliphatic carbocycles. The molecule has 1 N–H and O–H groups in total. The second-order valence-electron chi connectivity index (χ2n) is 3.47. The van der Waals surface area contributed by atoms with Crippen molar-refractivity contribution in [2.45, 2.75) is 64.7 Å². The van der Waals surface area contributed by atoms with E-state index in [9.17, 15) is 0 Å². The van der Waals surface area contributed by atoms with Crippen molar-refractivity contribution in [3.8, 4) is 0 Å². The van der Waals surface area contributed by atoms with Crippen LogP contribution < -0.4 is 59.1 Å². The molecule has 14 heavy (non-hydrogen) atoms. The fraction of sp³-hybridized carbons (Fsp3) is 0.909. The predicted molar refractivity (Wildman–Crippen MR) is 58.2 cm³/mol. The molecule has 0 aliphatic heterocycles. The summed E-state index contributed by atoms with van der Waals surface area (Å²) in [5.74, 6) is 0. The average molecular weight is 217 g/mol. The molecule has 0 aliphatic rings. The standard InChI is InChI=1S/C11H23N.2Na.2H/c1-2-3-4-5-6-7-8-9-10-11-12;;;;/h11-12H,2-10H2,1H3;;;;/q;2*+1;2*-1. The quantitative estimate of drug-likeness (QED) is 0.273. The van der Waals surface area contributed by atoms with Crippen molar-refractivity contribution in [1.29, 1.82) is 5.41 Å². The summed E-state index contributed by atoms with van der Waals surface area (Å²) in [6, 6.07) is 0. The van der Waals surface area contributed by atoms with Crippen LogP contribution in [0.3, 0.4) is 0 Å². The molecule has 0 rings (SSSR count).